The van der Waals surface area contributed by atoms with Gasteiger partial charge in [-0.15, -0.1) is 11.3 Å². The number of hydrogen-bond donors (Lipinski definition) is 2. The number of carbonyl (C=O) groups is 3. The first-order valence-corrected chi connectivity index (χ1v) is 10.1. The Morgan fingerprint density at radius 2 is 1.81 bits per heavy atom. The fourth-order valence-corrected chi connectivity index (χ4v) is 3.90. The molecule has 1 aliphatic carbocycles. The molecular formula is C20H21N3O3S. The van der Waals surface area contributed by atoms with E-state index >= 15 is 0 Å². The minimum atomic E-state index is -0.269. The highest BCUT2D eigenvalue weighted by Crippen LogP contribution is 2.27. The summed E-state index contributed by atoms with van der Waals surface area (Å²) >= 11 is 1.33. The fourth-order valence-electron chi connectivity index (χ4n) is 3.12. The van der Waals surface area contributed by atoms with Crippen molar-refractivity contribution in [3.05, 3.63) is 46.8 Å². The molecule has 2 N–H and O–H groups in total. The molecule has 1 aromatic heterocycles. The van der Waals surface area contributed by atoms with Crippen LogP contribution in [0.3, 0.4) is 0 Å². The van der Waals surface area contributed by atoms with Gasteiger partial charge in [-0.1, -0.05) is 0 Å². The van der Waals surface area contributed by atoms with Gasteiger partial charge in [0.25, 0.3) is 11.8 Å². The molecule has 2 heterocycles. The second kappa shape index (κ2) is 7.52. The molecule has 0 bridgehead atoms. The lowest BCUT2D eigenvalue weighted by Crippen LogP contribution is -2.35. The van der Waals surface area contributed by atoms with Gasteiger partial charge in [-0.2, -0.15) is 0 Å². The van der Waals surface area contributed by atoms with E-state index in [9.17, 15) is 14.4 Å². The number of rotatable bonds is 5. The average Bonchev–Trinajstić information content (AvgIpc) is 3.37. The number of anilines is 2. The van der Waals surface area contributed by atoms with E-state index in [0.717, 1.165) is 37.9 Å². The number of piperidine rings is 1. The summed E-state index contributed by atoms with van der Waals surface area (Å²) in [5.41, 5.74) is 1.80. The SMILES string of the molecule is O=C(Nc1sccc1C(=O)NC1CC1)c1ccc(N2CCCCC2=O)cc1. The number of amides is 3. The molecule has 2 fully saturated rings. The Morgan fingerprint density at radius 1 is 1.04 bits per heavy atom. The van der Waals surface area contributed by atoms with Crippen LogP contribution in [0.5, 0.6) is 0 Å². The third-order valence-corrected chi connectivity index (χ3v) is 5.64. The molecule has 2 aromatic rings. The van der Waals surface area contributed by atoms with Gasteiger partial charge in [0.15, 0.2) is 0 Å². The number of nitrogens with zero attached hydrogens (tertiary/aromatic N) is 1. The van der Waals surface area contributed by atoms with Gasteiger partial charge in [-0.05, 0) is 61.4 Å². The first-order valence-electron chi connectivity index (χ1n) is 9.22. The van der Waals surface area contributed by atoms with Crippen molar-refractivity contribution in [2.24, 2.45) is 0 Å². The normalized spacial score (nSPS) is 16.9. The maximum absolute atomic E-state index is 12.6. The van der Waals surface area contributed by atoms with Crippen molar-refractivity contribution in [1.29, 1.82) is 0 Å². The topological polar surface area (TPSA) is 78.5 Å². The van der Waals surface area contributed by atoms with Crippen molar-refractivity contribution in [2.75, 3.05) is 16.8 Å². The van der Waals surface area contributed by atoms with Gasteiger partial charge in [0.2, 0.25) is 5.91 Å². The molecule has 1 saturated heterocycles. The first kappa shape index (κ1) is 17.7. The predicted octanol–water partition coefficient (Wildman–Crippen LogP) is 3.41. The standard InChI is InChI=1S/C20H21N3O3S/c24-17-3-1-2-11-23(17)15-8-4-13(5-9-15)18(25)22-20-16(10-12-27-20)19(26)21-14-6-7-14/h4-5,8-10,12,14H,1-3,6-7,11H2,(H,21,26)(H,22,25). The lowest BCUT2D eigenvalue weighted by atomic mass is 10.1. The van der Waals surface area contributed by atoms with Gasteiger partial charge in [-0.25, -0.2) is 0 Å². The van der Waals surface area contributed by atoms with E-state index in [-0.39, 0.29) is 23.8 Å². The van der Waals surface area contributed by atoms with Gasteiger partial charge < -0.3 is 15.5 Å². The Hall–Kier alpha value is -2.67. The van der Waals surface area contributed by atoms with Crippen LogP contribution in [0.4, 0.5) is 10.7 Å². The first-order chi connectivity index (χ1) is 13.1. The lowest BCUT2D eigenvalue weighted by Gasteiger charge is -2.26. The highest BCUT2D eigenvalue weighted by molar-refractivity contribution is 7.14. The molecule has 1 aromatic carbocycles. The molecule has 0 spiro atoms. The summed E-state index contributed by atoms with van der Waals surface area (Å²) in [6, 6.07) is 9.02. The summed E-state index contributed by atoms with van der Waals surface area (Å²) in [6.45, 7) is 0.721. The van der Waals surface area contributed by atoms with E-state index in [1.807, 2.05) is 0 Å². The predicted molar refractivity (Wildman–Crippen MR) is 105 cm³/mol. The summed E-state index contributed by atoms with van der Waals surface area (Å²) in [7, 11) is 0. The number of thiophene rings is 1. The van der Waals surface area contributed by atoms with Crippen LogP contribution < -0.4 is 15.5 Å². The number of nitrogens with one attached hydrogen (secondary N) is 2. The summed E-state index contributed by atoms with van der Waals surface area (Å²) in [5, 5.41) is 8.11. The van der Waals surface area contributed by atoms with Crippen LogP contribution in [0.2, 0.25) is 0 Å². The Bertz CT molecular complexity index is 871. The molecule has 27 heavy (non-hydrogen) atoms. The van der Waals surface area contributed by atoms with Crippen molar-refractivity contribution < 1.29 is 14.4 Å². The second-order valence-electron chi connectivity index (χ2n) is 6.91. The van der Waals surface area contributed by atoms with Crippen LogP contribution >= 0.6 is 11.3 Å². The molecule has 0 radical (unpaired) electrons. The van der Waals surface area contributed by atoms with Gasteiger partial charge in [0.1, 0.15) is 5.00 Å². The van der Waals surface area contributed by atoms with Gasteiger partial charge in [0, 0.05) is 30.3 Å². The third kappa shape index (κ3) is 4.03. The molecule has 2 aliphatic rings. The van der Waals surface area contributed by atoms with Crippen LogP contribution in [-0.2, 0) is 4.79 Å². The molecule has 4 rings (SSSR count). The second-order valence-corrected chi connectivity index (χ2v) is 7.83. The molecule has 7 heteroatoms. The highest BCUT2D eigenvalue weighted by Gasteiger charge is 2.26. The van der Waals surface area contributed by atoms with E-state index in [0.29, 0.717) is 22.5 Å². The molecule has 1 saturated carbocycles. The summed E-state index contributed by atoms with van der Waals surface area (Å²) < 4.78 is 0. The maximum atomic E-state index is 12.6. The molecule has 0 atom stereocenters. The zero-order valence-electron chi connectivity index (χ0n) is 14.9. The molecule has 0 unspecified atom stereocenters. The van der Waals surface area contributed by atoms with Crippen LogP contribution in [0.15, 0.2) is 35.7 Å². The lowest BCUT2D eigenvalue weighted by molar-refractivity contribution is -0.119. The van der Waals surface area contributed by atoms with Crippen LogP contribution in [0.25, 0.3) is 0 Å². The van der Waals surface area contributed by atoms with Gasteiger partial charge in [-0.3, -0.25) is 14.4 Å². The van der Waals surface area contributed by atoms with Crippen LogP contribution in [0, 0.1) is 0 Å². The highest BCUT2D eigenvalue weighted by atomic mass is 32.1. The Balaban J connectivity index is 1.43. The Labute approximate surface area is 161 Å². The molecule has 6 nitrogen and oxygen atoms in total. The van der Waals surface area contributed by atoms with Gasteiger partial charge in [0.05, 0.1) is 5.56 Å². The monoisotopic (exact) mass is 383 g/mol. The van der Waals surface area contributed by atoms with Crippen molar-refractivity contribution in [3.63, 3.8) is 0 Å². The summed E-state index contributed by atoms with van der Waals surface area (Å²) in [5.74, 6) is -0.286. The number of carbonyl (C=O) groups excluding carboxylic acids is 3. The molecular weight excluding hydrogens is 362 g/mol. The van der Waals surface area contributed by atoms with E-state index < -0.39 is 0 Å². The van der Waals surface area contributed by atoms with Crippen molar-refractivity contribution in [1.82, 2.24) is 5.32 Å². The van der Waals surface area contributed by atoms with E-state index in [1.165, 1.54) is 11.3 Å². The molecule has 1 aliphatic heterocycles. The van der Waals surface area contributed by atoms with E-state index in [2.05, 4.69) is 10.6 Å². The van der Waals surface area contributed by atoms with Crippen molar-refractivity contribution >= 4 is 39.7 Å². The molecule has 3 amide bonds. The quantitative estimate of drug-likeness (QED) is 0.830. The van der Waals surface area contributed by atoms with Gasteiger partial charge >= 0.3 is 0 Å². The van der Waals surface area contributed by atoms with Crippen molar-refractivity contribution in [2.45, 2.75) is 38.1 Å². The maximum Gasteiger partial charge on any atom is 0.256 e. The Kier molecular flexibility index (Phi) is 4.94. The van der Waals surface area contributed by atoms with Crippen molar-refractivity contribution in [3.8, 4) is 0 Å². The number of benzene rings is 1. The largest absolute Gasteiger partial charge is 0.349 e. The zero-order valence-corrected chi connectivity index (χ0v) is 15.7. The van der Waals surface area contributed by atoms with E-state index in [4.69, 9.17) is 0 Å². The summed E-state index contributed by atoms with van der Waals surface area (Å²) in [6.07, 6.45) is 4.55. The Morgan fingerprint density at radius 3 is 2.52 bits per heavy atom. The minimum Gasteiger partial charge on any atom is -0.349 e. The fraction of sp³-hybridized carbons (Fsp3) is 0.350. The molecule has 140 valence electrons. The van der Waals surface area contributed by atoms with E-state index in [1.54, 1.807) is 40.6 Å². The number of hydrogen-bond acceptors (Lipinski definition) is 4. The smallest absolute Gasteiger partial charge is 0.256 e. The van der Waals surface area contributed by atoms with Crippen LogP contribution in [0.1, 0.15) is 52.8 Å². The average molecular weight is 383 g/mol. The van der Waals surface area contributed by atoms with Crippen LogP contribution in [-0.4, -0.2) is 30.3 Å². The minimum absolute atomic E-state index is 0.128. The third-order valence-electron chi connectivity index (χ3n) is 4.81. The zero-order chi connectivity index (χ0) is 18.8. The summed E-state index contributed by atoms with van der Waals surface area (Å²) in [4.78, 5) is 38.6.